The molecule has 0 unspecified atom stereocenters. The van der Waals surface area contributed by atoms with E-state index >= 15 is 0 Å². The van der Waals surface area contributed by atoms with Crippen LogP contribution in [0.15, 0.2) is 12.2 Å². The van der Waals surface area contributed by atoms with Crippen LogP contribution in [0.25, 0.3) is 0 Å². The van der Waals surface area contributed by atoms with E-state index in [0.717, 1.165) is 19.3 Å². The molecule has 0 amide bonds. The molecule has 16 heavy (non-hydrogen) atoms. The van der Waals surface area contributed by atoms with Crippen LogP contribution in [0.4, 0.5) is 0 Å². The molecule has 0 bridgehead atoms. The fourth-order valence-electron chi connectivity index (χ4n) is 2.35. The Hall–Kier alpha value is -1.12. The second-order valence-electron chi connectivity index (χ2n) is 5.29. The Labute approximate surface area is 96.9 Å². The fraction of sp³-hybridized carbons (Fsp3) is 0.692. The van der Waals surface area contributed by atoms with Gasteiger partial charge in [-0.15, -0.1) is 0 Å². The summed E-state index contributed by atoms with van der Waals surface area (Å²) in [4.78, 5) is 23.0. The van der Waals surface area contributed by atoms with E-state index in [0.29, 0.717) is 0 Å². The molecule has 1 atom stereocenters. The Balaban J connectivity index is 2.81. The number of hydrogen-bond donors (Lipinski definition) is 0. The zero-order valence-electron chi connectivity index (χ0n) is 10.5. The van der Waals surface area contributed by atoms with E-state index < -0.39 is 5.97 Å². The van der Waals surface area contributed by atoms with Crippen molar-refractivity contribution in [3.8, 4) is 0 Å². The van der Waals surface area contributed by atoms with Crippen molar-refractivity contribution in [1.29, 1.82) is 0 Å². The molecule has 0 saturated heterocycles. The van der Waals surface area contributed by atoms with Crippen molar-refractivity contribution in [2.24, 2.45) is 10.8 Å². The number of rotatable bonds is 3. The largest absolute Gasteiger partial charge is 0.466 e. The van der Waals surface area contributed by atoms with Gasteiger partial charge in [-0.05, 0) is 24.3 Å². The van der Waals surface area contributed by atoms with E-state index in [-0.39, 0.29) is 16.6 Å². The van der Waals surface area contributed by atoms with Crippen molar-refractivity contribution in [1.82, 2.24) is 0 Å². The zero-order chi connectivity index (χ0) is 12.4. The van der Waals surface area contributed by atoms with Gasteiger partial charge in [-0.25, -0.2) is 4.79 Å². The maximum absolute atomic E-state index is 12.1. The van der Waals surface area contributed by atoms with Gasteiger partial charge in [-0.3, -0.25) is 4.79 Å². The van der Waals surface area contributed by atoms with Gasteiger partial charge in [0.1, 0.15) is 0 Å². The molecule has 0 aromatic rings. The molecule has 3 heteroatoms. The summed E-state index contributed by atoms with van der Waals surface area (Å²) in [6.07, 6.45) is 5.59. The van der Waals surface area contributed by atoms with Crippen molar-refractivity contribution in [3.05, 3.63) is 12.2 Å². The third kappa shape index (κ3) is 2.18. The SMILES string of the molecule is COC(=O)/C=C/C(=O)[C@]1(C)CCCC1(C)C. The highest BCUT2D eigenvalue weighted by molar-refractivity contribution is 5.99. The Morgan fingerprint density at radius 3 is 2.19 bits per heavy atom. The quantitative estimate of drug-likeness (QED) is 0.546. The second-order valence-corrected chi connectivity index (χ2v) is 5.29. The smallest absolute Gasteiger partial charge is 0.330 e. The molecule has 1 aliphatic carbocycles. The Morgan fingerprint density at radius 2 is 1.75 bits per heavy atom. The van der Waals surface area contributed by atoms with Gasteiger partial charge in [-0.1, -0.05) is 27.2 Å². The van der Waals surface area contributed by atoms with Crippen molar-refractivity contribution >= 4 is 11.8 Å². The van der Waals surface area contributed by atoms with Crippen LogP contribution in [-0.4, -0.2) is 18.9 Å². The summed E-state index contributed by atoms with van der Waals surface area (Å²) in [5, 5.41) is 0. The van der Waals surface area contributed by atoms with E-state index in [1.807, 2.05) is 6.92 Å². The zero-order valence-corrected chi connectivity index (χ0v) is 10.5. The molecule has 1 aliphatic rings. The first kappa shape index (κ1) is 12.9. The molecular formula is C13H20O3. The van der Waals surface area contributed by atoms with E-state index in [1.54, 1.807) is 0 Å². The summed E-state index contributed by atoms with van der Waals surface area (Å²) < 4.78 is 4.47. The molecule has 0 radical (unpaired) electrons. The highest BCUT2D eigenvalue weighted by Gasteiger charge is 2.49. The van der Waals surface area contributed by atoms with Gasteiger partial charge in [0.25, 0.3) is 0 Å². The normalized spacial score (nSPS) is 28.2. The van der Waals surface area contributed by atoms with Crippen molar-refractivity contribution in [3.63, 3.8) is 0 Å². The Morgan fingerprint density at radius 1 is 1.12 bits per heavy atom. The first-order valence-corrected chi connectivity index (χ1v) is 5.64. The molecule has 0 heterocycles. The molecule has 0 aromatic heterocycles. The lowest BCUT2D eigenvalue weighted by Gasteiger charge is -2.36. The van der Waals surface area contributed by atoms with Gasteiger partial charge in [0.05, 0.1) is 7.11 Å². The highest BCUT2D eigenvalue weighted by Crippen LogP contribution is 2.52. The first-order valence-electron chi connectivity index (χ1n) is 5.64. The van der Waals surface area contributed by atoms with E-state index in [2.05, 4.69) is 18.6 Å². The number of carbonyl (C=O) groups excluding carboxylic acids is 2. The lowest BCUT2D eigenvalue weighted by molar-refractivity contribution is -0.135. The summed E-state index contributed by atoms with van der Waals surface area (Å²) >= 11 is 0. The molecule has 0 aromatic carbocycles. The van der Waals surface area contributed by atoms with Crippen LogP contribution in [0.5, 0.6) is 0 Å². The average Bonchev–Trinajstić information content (AvgIpc) is 2.50. The minimum atomic E-state index is -0.479. The number of methoxy groups -OCH3 is 1. The van der Waals surface area contributed by atoms with E-state index in [4.69, 9.17) is 0 Å². The van der Waals surface area contributed by atoms with Crippen LogP contribution in [0.3, 0.4) is 0 Å². The maximum atomic E-state index is 12.1. The topological polar surface area (TPSA) is 43.4 Å². The van der Waals surface area contributed by atoms with Gasteiger partial charge in [0.2, 0.25) is 0 Å². The monoisotopic (exact) mass is 224 g/mol. The predicted octanol–water partition coefficient (Wildman–Crippen LogP) is 2.50. The molecule has 1 saturated carbocycles. The third-order valence-electron chi connectivity index (χ3n) is 4.09. The number of ketones is 1. The van der Waals surface area contributed by atoms with Gasteiger partial charge >= 0.3 is 5.97 Å². The minimum absolute atomic E-state index is 0.00451. The minimum Gasteiger partial charge on any atom is -0.466 e. The summed E-state index contributed by atoms with van der Waals surface area (Å²) in [6, 6.07) is 0. The number of ether oxygens (including phenoxy) is 1. The highest BCUT2D eigenvalue weighted by atomic mass is 16.5. The van der Waals surface area contributed by atoms with Gasteiger partial charge < -0.3 is 4.74 Å². The Kier molecular flexibility index (Phi) is 3.56. The molecule has 0 N–H and O–H groups in total. The lowest BCUT2D eigenvalue weighted by Crippen LogP contribution is -2.36. The van der Waals surface area contributed by atoms with Crippen LogP contribution in [0.2, 0.25) is 0 Å². The van der Waals surface area contributed by atoms with Gasteiger partial charge in [-0.2, -0.15) is 0 Å². The summed E-state index contributed by atoms with van der Waals surface area (Å²) in [5.74, 6) is -0.451. The van der Waals surface area contributed by atoms with Crippen LogP contribution < -0.4 is 0 Å². The summed E-state index contributed by atoms with van der Waals surface area (Å²) in [7, 11) is 1.30. The molecule has 90 valence electrons. The van der Waals surface area contributed by atoms with Crippen molar-refractivity contribution < 1.29 is 14.3 Å². The molecule has 3 nitrogen and oxygen atoms in total. The van der Waals surface area contributed by atoms with Crippen LogP contribution in [0, 0.1) is 10.8 Å². The molecular weight excluding hydrogens is 204 g/mol. The van der Waals surface area contributed by atoms with Crippen molar-refractivity contribution in [2.75, 3.05) is 7.11 Å². The van der Waals surface area contributed by atoms with E-state index in [1.165, 1.54) is 19.3 Å². The number of esters is 1. The number of carbonyl (C=O) groups is 2. The number of hydrogen-bond acceptors (Lipinski definition) is 3. The van der Waals surface area contributed by atoms with Crippen LogP contribution in [-0.2, 0) is 14.3 Å². The lowest BCUT2D eigenvalue weighted by atomic mass is 9.67. The van der Waals surface area contributed by atoms with Crippen LogP contribution in [0.1, 0.15) is 40.0 Å². The predicted molar refractivity (Wildman–Crippen MR) is 61.9 cm³/mol. The van der Waals surface area contributed by atoms with Crippen LogP contribution >= 0.6 is 0 Å². The third-order valence-corrected chi connectivity index (χ3v) is 4.09. The standard InChI is InChI=1S/C13H20O3/c1-12(2)8-5-9-13(12,3)10(14)6-7-11(15)16-4/h6-7H,5,8-9H2,1-4H3/b7-6+/t13-/m0/s1. The summed E-state index contributed by atoms with van der Waals surface area (Å²) in [6.45, 7) is 6.22. The molecule has 1 fully saturated rings. The molecule has 0 spiro atoms. The maximum Gasteiger partial charge on any atom is 0.330 e. The molecule has 0 aliphatic heterocycles. The van der Waals surface area contributed by atoms with E-state index in [9.17, 15) is 9.59 Å². The molecule has 1 rings (SSSR count). The van der Waals surface area contributed by atoms with Crippen molar-refractivity contribution in [2.45, 2.75) is 40.0 Å². The average molecular weight is 224 g/mol. The Bertz CT molecular complexity index is 328. The van der Waals surface area contributed by atoms with Gasteiger partial charge in [0, 0.05) is 11.5 Å². The fourth-order valence-corrected chi connectivity index (χ4v) is 2.35. The first-order chi connectivity index (χ1) is 7.33. The van der Waals surface area contributed by atoms with Gasteiger partial charge in [0.15, 0.2) is 5.78 Å². The summed E-state index contributed by atoms with van der Waals surface area (Å²) in [5.41, 5.74) is -0.345. The second kappa shape index (κ2) is 4.40. The number of allylic oxidation sites excluding steroid dienone is 1.